The summed E-state index contributed by atoms with van der Waals surface area (Å²) in [5.74, 6) is 0. The fourth-order valence-corrected chi connectivity index (χ4v) is 1.42. The van der Waals surface area contributed by atoms with Crippen LogP contribution in [0.5, 0.6) is 0 Å². The fraction of sp³-hybridized carbons (Fsp3) is 0.333. The Morgan fingerprint density at radius 2 is 2.11 bits per heavy atom. The maximum absolute atomic E-state index is 5.87. The molecule has 0 aliphatic rings. The predicted molar refractivity (Wildman–Crippen MR) is 47.3 cm³/mol. The lowest BCUT2D eigenvalue weighted by atomic mass is 10.6. The fourth-order valence-electron chi connectivity index (χ4n) is 0.327. The van der Waals surface area contributed by atoms with E-state index in [-0.39, 0.29) is 0 Å². The van der Waals surface area contributed by atoms with Gasteiger partial charge in [0, 0.05) is 0 Å². The molecule has 0 spiro atoms. The van der Waals surface area contributed by atoms with Gasteiger partial charge in [0.1, 0.15) is 0 Å². The van der Waals surface area contributed by atoms with E-state index in [4.69, 9.17) is 22.2 Å². The number of hydrogen-bond acceptors (Lipinski definition) is 0. The lowest BCUT2D eigenvalue weighted by molar-refractivity contribution is 1.44. The van der Waals surface area contributed by atoms with Crippen LogP contribution in [0.25, 0.3) is 0 Å². The van der Waals surface area contributed by atoms with Gasteiger partial charge in [0.25, 0.3) is 6.69 Å². The Balaban J connectivity index is 3.84. The summed E-state index contributed by atoms with van der Waals surface area (Å²) in [6.07, 6.45) is 3.48. The van der Waals surface area contributed by atoms with Crippen LogP contribution in [-0.2, 0) is 0 Å². The van der Waals surface area contributed by atoms with E-state index in [1.54, 1.807) is 12.2 Å². The molecule has 3 heteroatoms. The number of rotatable bonds is 3. The molecule has 0 aromatic carbocycles. The smallest absolute Gasteiger partial charge is 0.140 e. The van der Waals surface area contributed by atoms with Crippen molar-refractivity contribution >= 4 is 28.9 Å². The quantitative estimate of drug-likeness (QED) is 0.356. The average Bonchev–Trinajstić information content (AvgIpc) is 1.84. The molecule has 0 saturated heterocycles. The third-order valence-electron chi connectivity index (χ3n) is 0.948. The highest BCUT2D eigenvalue weighted by atomic mass is 35.7. The van der Waals surface area contributed by atoms with Crippen molar-refractivity contribution in [2.75, 3.05) is 0 Å². The van der Waals surface area contributed by atoms with Crippen molar-refractivity contribution in [3.8, 4) is 0 Å². The molecule has 0 aromatic rings. The molecule has 0 aromatic heterocycles. The van der Waals surface area contributed by atoms with Gasteiger partial charge in [0.15, 0.2) is 0 Å². The minimum atomic E-state index is -2.01. The molecule has 0 fully saturated rings. The van der Waals surface area contributed by atoms with E-state index in [9.17, 15) is 0 Å². The van der Waals surface area contributed by atoms with Gasteiger partial charge in [-0.2, -0.15) is 0 Å². The molecule has 0 aliphatic carbocycles. The van der Waals surface area contributed by atoms with Crippen molar-refractivity contribution in [3.63, 3.8) is 0 Å². The van der Waals surface area contributed by atoms with Crippen molar-refractivity contribution in [2.45, 2.75) is 13.0 Å². The van der Waals surface area contributed by atoms with Crippen LogP contribution in [0.3, 0.4) is 0 Å². The lowest BCUT2D eigenvalue weighted by Crippen LogP contribution is -2.12. The average molecular weight is 181 g/mol. The first-order valence-electron chi connectivity index (χ1n) is 2.80. The summed E-state index contributed by atoms with van der Waals surface area (Å²) in [4.78, 5) is 0. The first-order chi connectivity index (χ1) is 4.12. The largest absolute Gasteiger partial charge is 0.273 e. The van der Waals surface area contributed by atoms with Crippen LogP contribution in [0, 0.1) is 0 Å². The molecule has 9 heavy (non-hydrogen) atoms. The molecular weight excluding hydrogens is 171 g/mol. The van der Waals surface area contributed by atoms with E-state index < -0.39 is 6.69 Å². The van der Waals surface area contributed by atoms with Crippen molar-refractivity contribution in [1.29, 1.82) is 0 Å². The number of hydrogen-bond donors (Lipinski definition) is 0. The van der Waals surface area contributed by atoms with Crippen LogP contribution in [0.1, 0.15) is 6.92 Å². The van der Waals surface area contributed by atoms with Gasteiger partial charge in [-0.05, 0) is 6.04 Å². The van der Waals surface area contributed by atoms with E-state index in [1.165, 1.54) is 0 Å². The molecule has 0 atom stereocenters. The maximum Gasteiger partial charge on any atom is 0.273 e. The number of allylic oxidation sites excluding steroid dienone is 2. The molecule has 0 N–H and O–H groups in total. The van der Waals surface area contributed by atoms with Gasteiger partial charge in [-0.3, -0.25) is 0 Å². The van der Waals surface area contributed by atoms with Gasteiger partial charge < -0.3 is 0 Å². The minimum Gasteiger partial charge on any atom is -0.140 e. The summed E-state index contributed by atoms with van der Waals surface area (Å²) < 4.78 is 0. The summed E-state index contributed by atoms with van der Waals surface area (Å²) in [7, 11) is 0. The van der Waals surface area contributed by atoms with Crippen molar-refractivity contribution in [3.05, 3.63) is 24.4 Å². The Hall–Kier alpha value is 0.277. The topological polar surface area (TPSA) is 0 Å². The first kappa shape index (κ1) is 9.28. The van der Waals surface area contributed by atoms with Gasteiger partial charge in [-0.15, -0.1) is 22.2 Å². The molecular formula is C6H10Cl2Si. The first-order valence-corrected chi connectivity index (χ1v) is 7.11. The molecule has 0 amide bonds. The molecule has 0 saturated carbocycles. The summed E-state index contributed by atoms with van der Waals surface area (Å²) in [6, 6.07) is 0.848. The molecule has 52 valence electrons. The molecule has 0 nitrogen and oxygen atoms in total. The molecule has 0 aliphatic heterocycles. The molecule has 0 unspecified atom stereocenters. The molecule has 0 radical (unpaired) electrons. The zero-order valence-corrected chi connectivity index (χ0v) is 7.91. The van der Waals surface area contributed by atoms with Crippen molar-refractivity contribution in [2.24, 2.45) is 0 Å². The third-order valence-corrected chi connectivity index (χ3v) is 4.93. The standard InChI is InChI=1S/C6H10Cl2Si/c1-3-5-6-9(7,8)4-2/h3,5-6H,1,4H2,2H3. The molecule has 0 rings (SSSR count). The summed E-state index contributed by atoms with van der Waals surface area (Å²) >= 11 is 11.7. The van der Waals surface area contributed by atoms with Gasteiger partial charge in [-0.25, -0.2) is 0 Å². The van der Waals surface area contributed by atoms with Crippen LogP contribution in [-0.4, -0.2) is 6.69 Å². The van der Waals surface area contributed by atoms with Gasteiger partial charge in [-0.1, -0.05) is 31.4 Å². The Morgan fingerprint density at radius 1 is 1.56 bits per heavy atom. The van der Waals surface area contributed by atoms with E-state index in [1.807, 2.05) is 12.6 Å². The van der Waals surface area contributed by atoms with Gasteiger partial charge in [0.05, 0.1) is 0 Å². The minimum absolute atomic E-state index is 0.848. The maximum atomic E-state index is 5.87. The highest BCUT2D eigenvalue weighted by Crippen LogP contribution is 2.20. The molecule has 0 bridgehead atoms. The van der Waals surface area contributed by atoms with Gasteiger partial charge in [0.2, 0.25) is 0 Å². The zero-order valence-electron chi connectivity index (χ0n) is 5.40. The van der Waals surface area contributed by atoms with Crippen LogP contribution < -0.4 is 0 Å². The Kier molecular flexibility index (Phi) is 4.28. The summed E-state index contributed by atoms with van der Waals surface area (Å²) in [5.41, 5.74) is 1.85. The van der Waals surface area contributed by atoms with E-state index in [2.05, 4.69) is 6.58 Å². The summed E-state index contributed by atoms with van der Waals surface area (Å²) in [6.45, 7) is 3.50. The second kappa shape index (κ2) is 4.15. The van der Waals surface area contributed by atoms with E-state index in [0.29, 0.717) is 0 Å². The SMILES string of the molecule is C=CC=C[Si](Cl)(Cl)CC. The van der Waals surface area contributed by atoms with Crippen LogP contribution >= 0.6 is 22.2 Å². The van der Waals surface area contributed by atoms with Crippen molar-refractivity contribution in [1.82, 2.24) is 0 Å². The Bertz CT molecular complexity index is 118. The monoisotopic (exact) mass is 180 g/mol. The van der Waals surface area contributed by atoms with Crippen LogP contribution in [0.2, 0.25) is 6.04 Å². The normalized spacial score (nSPS) is 12.3. The summed E-state index contributed by atoms with van der Waals surface area (Å²) in [5, 5.41) is 0. The second-order valence-corrected chi connectivity index (χ2v) is 8.90. The van der Waals surface area contributed by atoms with E-state index >= 15 is 0 Å². The zero-order chi connectivity index (χ0) is 7.33. The Labute approximate surface area is 66.6 Å². The van der Waals surface area contributed by atoms with Crippen LogP contribution in [0.4, 0.5) is 0 Å². The highest BCUT2D eigenvalue weighted by Gasteiger charge is 2.20. The predicted octanol–water partition coefficient (Wildman–Crippen LogP) is 3.21. The van der Waals surface area contributed by atoms with E-state index in [0.717, 1.165) is 6.04 Å². The van der Waals surface area contributed by atoms with Crippen LogP contribution in [0.15, 0.2) is 24.4 Å². The number of halogens is 2. The van der Waals surface area contributed by atoms with Crippen molar-refractivity contribution < 1.29 is 0 Å². The molecule has 0 heterocycles. The highest BCUT2D eigenvalue weighted by molar-refractivity contribution is 7.47. The van der Waals surface area contributed by atoms with Gasteiger partial charge >= 0.3 is 0 Å². The second-order valence-electron chi connectivity index (χ2n) is 1.71. The Morgan fingerprint density at radius 3 is 2.44 bits per heavy atom. The lowest BCUT2D eigenvalue weighted by Gasteiger charge is -2.05. The third kappa shape index (κ3) is 4.76.